The maximum absolute atomic E-state index is 12.0. The van der Waals surface area contributed by atoms with Gasteiger partial charge in [0.05, 0.1) is 13.0 Å². The molecular formula is C15H18N2O4. The highest BCUT2D eigenvalue weighted by Gasteiger charge is 2.35. The van der Waals surface area contributed by atoms with Gasteiger partial charge in [0.2, 0.25) is 11.8 Å². The lowest BCUT2D eigenvalue weighted by atomic mass is 10.1. The van der Waals surface area contributed by atoms with Gasteiger partial charge in [-0.2, -0.15) is 0 Å². The quantitative estimate of drug-likeness (QED) is 0.826. The van der Waals surface area contributed by atoms with Crippen LogP contribution in [0.15, 0.2) is 24.3 Å². The zero-order chi connectivity index (χ0) is 15.4. The number of methoxy groups -OCH3 is 1. The van der Waals surface area contributed by atoms with Crippen LogP contribution in [0.5, 0.6) is 0 Å². The first kappa shape index (κ1) is 15.0. The van der Waals surface area contributed by atoms with Crippen LogP contribution < -0.4 is 10.2 Å². The molecule has 1 saturated heterocycles. The van der Waals surface area contributed by atoms with Gasteiger partial charge in [-0.15, -0.1) is 0 Å². The summed E-state index contributed by atoms with van der Waals surface area (Å²) in [5.74, 6) is -1.34. The van der Waals surface area contributed by atoms with Crippen LogP contribution in [0, 0.1) is 12.8 Å². The van der Waals surface area contributed by atoms with E-state index >= 15 is 0 Å². The second kappa shape index (κ2) is 6.39. The predicted octanol–water partition coefficient (Wildman–Crippen LogP) is 0.637. The minimum absolute atomic E-state index is 0.0844. The lowest BCUT2D eigenvalue weighted by Crippen LogP contribution is -2.36. The molecule has 2 rings (SSSR count). The fourth-order valence-electron chi connectivity index (χ4n) is 2.30. The summed E-state index contributed by atoms with van der Waals surface area (Å²) >= 11 is 0. The molecule has 6 nitrogen and oxygen atoms in total. The summed E-state index contributed by atoms with van der Waals surface area (Å²) in [7, 11) is 1.26. The van der Waals surface area contributed by atoms with Crippen molar-refractivity contribution in [1.29, 1.82) is 0 Å². The molecule has 0 spiro atoms. The normalized spacial score (nSPS) is 17.7. The number of hydrogen-bond donors (Lipinski definition) is 1. The van der Waals surface area contributed by atoms with E-state index in [1.807, 2.05) is 31.2 Å². The summed E-state index contributed by atoms with van der Waals surface area (Å²) in [5, 5.41) is 2.49. The fourth-order valence-corrected chi connectivity index (χ4v) is 2.30. The number of amides is 2. The van der Waals surface area contributed by atoms with Crippen LogP contribution in [0.3, 0.4) is 0 Å². The third-order valence-corrected chi connectivity index (χ3v) is 3.44. The Morgan fingerprint density at radius 3 is 2.86 bits per heavy atom. The standard InChI is InChI=1S/C15H18N2O4/c1-10-4-3-5-12(6-10)17-9-11(7-13(17)18)15(20)16-8-14(19)21-2/h3-6,11H,7-9H2,1-2H3,(H,16,20). The topological polar surface area (TPSA) is 75.7 Å². The average Bonchev–Trinajstić information content (AvgIpc) is 2.86. The number of aryl methyl sites for hydroxylation is 1. The molecule has 1 heterocycles. The van der Waals surface area contributed by atoms with Gasteiger partial charge in [0.1, 0.15) is 6.54 Å². The molecule has 1 fully saturated rings. The number of nitrogens with one attached hydrogen (secondary N) is 1. The lowest BCUT2D eigenvalue weighted by Gasteiger charge is -2.17. The minimum Gasteiger partial charge on any atom is -0.468 e. The van der Waals surface area contributed by atoms with Crippen molar-refractivity contribution in [2.45, 2.75) is 13.3 Å². The van der Waals surface area contributed by atoms with Gasteiger partial charge in [-0.3, -0.25) is 14.4 Å². The molecule has 0 aliphatic carbocycles. The summed E-state index contributed by atoms with van der Waals surface area (Å²) in [6.45, 7) is 2.10. The number of carbonyl (C=O) groups excluding carboxylic acids is 3. The third kappa shape index (κ3) is 3.59. The van der Waals surface area contributed by atoms with Gasteiger partial charge in [0, 0.05) is 18.7 Å². The Balaban J connectivity index is 1.99. The molecule has 1 aliphatic heterocycles. The number of hydrogen-bond acceptors (Lipinski definition) is 4. The molecule has 1 aromatic rings. The van der Waals surface area contributed by atoms with E-state index in [0.29, 0.717) is 6.54 Å². The van der Waals surface area contributed by atoms with Gasteiger partial charge in [0.15, 0.2) is 0 Å². The molecule has 6 heteroatoms. The predicted molar refractivity (Wildman–Crippen MR) is 76.7 cm³/mol. The number of nitrogens with zero attached hydrogens (tertiary/aromatic N) is 1. The Bertz CT molecular complexity index is 571. The van der Waals surface area contributed by atoms with Gasteiger partial charge in [-0.05, 0) is 24.6 Å². The van der Waals surface area contributed by atoms with Crippen LogP contribution in [0.4, 0.5) is 5.69 Å². The summed E-state index contributed by atoms with van der Waals surface area (Å²) in [5.41, 5.74) is 1.85. The van der Waals surface area contributed by atoms with Gasteiger partial charge < -0.3 is 15.0 Å². The molecule has 21 heavy (non-hydrogen) atoms. The first-order valence-corrected chi connectivity index (χ1v) is 6.73. The van der Waals surface area contributed by atoms with Crippen molar-refractivity contribution >= 4 is 23.5 Å². The molecule has 112 valence electrons. The van der Waals surface area contributed by atoms with E-state index in [4.69, 9.17) is 0 Å². The van der Waals surface area contributed by atoms with E-state index < -0.39 is 11.9 Å². The number of anilines is 1. The van der Waals surface area contributed by atoms with E-state index in [2.05, 4.69) is 10.1 Å². The van der Waals surface area contributed by atoms with Crippen molar-refractivity contribution in [3.63, 3.8) is 0 Å². The number of benzene rings is 1. The van der Waals surface area contributed by atoms with Crippen molar-refractivity contribution in [3.05, 3.63) is 29.8 Å². The van der Waals surface area contributed by atoms with Crippen molar-refractivity contribution in [1.82, 2.24) is 5.32 Å². The Morgan fingerprint density at radius 2 is 2.19 bits per heavy atom. The second-order valence-electron chi connectivity index (χ2n) is 5.04. The molecule has 0 saturated carbocycles. The van der Waals surface area contributed by atoms with E-state index in [0.717, 1.165) is 11.3 Å². The number of ether oxygens (including phenoxy) is 1. The van der Waals surface area contributed by atoms with Crippen molar-refractivity contribution in [3.8, 4) is 0 Å². The van der Waals surface area contributed by atoms with Crippen LogP contribution in [0.25, 0.3) is 0 Å². The Hall–Kier alpha value is -2.37. The van der Waals surface area contributed by atoms with Crippen LogP contribution in [0.1, 0.15) is 12.0 Å². The molecule has 0 bridgehead atoms. The summed E-state index contributed by atoms with van der Waals surface area (Å²) in [6.07, 6.45) is 0.154. The molecule has 1 aliphatic rings. The number of rotatable bonds is 4. The van der Waals surface area contributed by atoms with Gasteiger partial charge >= 0.3 is 5.97 Å². The maximum Gasteiger partial charge on any atom is 0.325 e. The van der Waals surface area contributed by atoms with Crippen LogP contribution in [0.2, 0.25) is 0 Å². The minimum atomic E-state index is -0.511. The fraction of sp³-hybridized carbons (Fsp3) is 0.400. The molecule has 1 atom stereocenters. The monoisotopic (exact) mass is 290 g/mol. The summed E-state index contributed by atoms with van der Waals surface area (Å²) < 4.78 is 4.46. The SMILES string of the molecule is COC(=O)CNC(=O)C1CC(=O)N(c2cccc(C)c2)C1. The summed E-state index contributed by atoms with van der Waals surface area (Å²) in [6, 6.07) is 7.58. The molecule has 0 radical (unpaired) electrons. The zero-order valence-corrected chi connectivity index (χ0v) is 12.1. The van der Waals surface area contributed by atoms with Gasteiger partial charge in [-0.1, -0.05) is 12.1 Å². The first-order valence-electron chi connectivity index (χ1n) is 6.73. The van der Waals surface area contributed by atoms with Crippen LogP contribution in [-0.2, 0) is 19.1 Å². The van der Waals surface area contributed by atoms with Crippen molar-refractivity contribution in [2.75, 3.05) is 25.1 Å². The van der Waals surface area contributed by atoms with Crippen LogP contribution in [-0.4, -0.2) is 38.0 Å². The lowest BCUT2D eigenvalue weighted by molar-refractivity contribution is -0.141. The third-order valence-electron chi connectivity index (χ3n) is 3.44. The average molecular weight is 290 g/mol. The first-order chi connectivity index (χ1) is 10.0. The smallest absolute Gasteiger partial charge is 0.325 e. The zero-order valence-electron chi connectivity index (χ0n) is 12.1. The van der Waals surface area contributed by atoms with E-state index in [9.17, 15) is 14.4 Å². The largest absolute Gasteiger partial charge is 0.468 e. The van der Waals surface area contributed by atoms with Crippen molar-refractivity contribution < 1.29 is 19.1 Å². The summed E-state index contributed by atoms with van der Waals surface area (Å²) in [4.78, 5) is 36.6. The second-order valence-corrected chi connectivity index (χ2v) is 5.04. The molecule has 0 aromatic heterocycles. The van der Waals surface area contributed by atoms with Crippen LogP contribution >= 0.6 is 0 Å². The highest BCUT2D eigenvalue weighted by Crippen LogP contribution is 2.25. The number of carbonyl (C=O) groups is 3. The van der Waals surface area contributed by atoms with E-state index in [1.54, 1.807) is 4.90 Å². The highest BCUT2D eigenvalue weighted by molar-refractivity contribution is 6.00. The van der Waals surface area contributed by atoms with E-state index in [-0.39, 0.29) is 24.8 Å². The molecule has 1 aromatic carbocycles. The Labute approximate surface area is 123 Å². The van der Waals surface area contributed by atoms with Gasteiger partial charge in [0.25, 0.3) is 0 Å². The van der Waals surface area contributed by atoms with Gasteiger partial charge in [-0.25, -0.2) is 0 Å². The Kier molecular flexibility index (Phi) is 4.57. The molecule has 1 unspecified atom stereocenters. The number of esters is 1. The molecule has 1 N–H and O–H groups in total. The molecular weight excluding hydrogens is 272 g/mol. The van der Waals surface area contributed by atoms with Crippen molar-refractivity contribution in [2.24, 2.45) is 5.92 Å². The molecule has 2 amide bonds. The Morgan fingerprint density at radius 1 is 1.43 bits per heavy atom. The van der Waals surface area contributed by atoms with E-state index in [1.165, 1.54) is 7.11 Å². The highest BCUT2D eigenvalue weighted by atomic mass is 16.5. The maximum atomic E-state index is 12.0.